The summed E-state index contributed by atoms with van der Waals surface area (Å²) in [7, 11) is 0. The molecule has 1 saturated carbocycles. The number of amidine groups is 1. The number of hydrogen-bond acceptors (Lipinski definition) is 3. The molecular weight excluding hydrogens is 432 g/mol. The molecular formula is C30H38N4O. The topological polar surface area (TPSA) is 75.1 Å². The van der Waals surface area contributed by atoms with Gasteiger partial charge in [0, 0.05) is 35.8 Å². The third kappa shape index (κ3) is 4.79. The van der Waals surface area contributed by atoms with Crippen LogP contribution < -0.4 is 11.3 Å². The first-order valence-electron chi connectivity index (χ1n) is 13.3. The highest BCUT2D eigenvalue weighted by Crippen LogP contribution is 2.36. The molecule has 5 rings (SSSR count). The first kappa shape index (κ1) is 23.8. The third-order valence-corrected chi connectivity index (χ3v) is 8.46. The maximum absolute atomic E-state index is 13.9. The molecule has 0 spiro atoms. The number of nitrogen functional groups attached to an aromatic ring is 1. The van der Waals surface area contributed by atoms with Crippen molar-refractivity contribution in [2.75, 3.05) is 6.54 Å². The highest BCUT2D eigenvalue weighted by atomic mass is 16.1. The number of likely N-dealkylation sites (tertiary alicyclic amines) is 1. The highest BCUT2D eigenvalue weighted by molar-refractivity contribution is 5.96. The highest BCUT2D eigenvalue weighted by Gasteiger charge is 2.30. The van der Waals surface area contributed by atoms with Gasteiger partial charge in [-0.05, 0) is 87.4 Å². The summed E-state index contributed by atoms with van der Waals surface area (Å²) in [6.07, 6.45) is 8.42. The number of fused-ring (bicyclic) bond motifs is 1. The average Bonchev–Trinajstić information content (AvgIpc) is 2.86. The van der Waals surface area contributed by atoms with Crippen LogP contribution >= 0.6 is 0 Å². The Labute approximate surface area is 208 Å². The second-order valence-electron chi connectivity index (χ2n) is 10.8. The van der Waals surface area contributed by atoms with Crippen molar-refractivity contribution >= 4 is 16.7 Å². The van der Waals surface area contributed by atoms with Crippen LogP contribution in [0.1, 0.15) is 70.4 Å². The van der Waals surface area contributed by atoms with E-state index in [-0.39, 0.29) is 17.4 Å². The summed E-state index contributed by atoms with van der Waals surface area (Å²) in [5, 5.41) is 8.89. The van der Waals surface area contributed by atoms with E-state index in [0.29, 0.717) is 29.1 Å². The first-order valence-corrected chi connectivity index (χ1v) is 13.3. The SMILES string of the molecule is C[C@@H]1CCC[C@H](C)N1CC1CCC(n2c(=O)c(-c3cccc(C(=N)N)c3)cc3ccccc32)CC1. The van der Waals surface area contributed by atoms with Gasteiger partial charge < -0.3 is 10.3 Å². The Morgan fingerprint density at radius 1 is 0.943 bits per heavy atom. The number of nitrogens with zero attached hydrogens (tertiary/aromatic N) is 2. The molecule has 5 heteroatoms. The van der Waals surface area contributed by atoms with Gasteiger partial charge in [-0.1, -0.05) is 42.8 Å². The van der Waals surface area contributed by atoms with E-state index < -0.39 is 0 Å². The van der Waals surface area contributed by atoms with Gasteiger partial charge in [-0.25, -0.2) is 0 Å². The fraction of sp³-hybridized carbons (Fsp3) is 0.467. The van der Waals surface area contributed by atoms with Crippen LogP contribution in [0.15, 0.2) is 59.4 Å². The zero-order valence-corrected chi connectivity index (χ0v) is 21.0. The van der Waals surface area contributed by atoms with Crippen LogP contribution in [-0.2, 0) is 0 Å². The molecule has 35 heavy (non-hydrogen) atoms. The van der Waals surface area contributed by atoms with E-state index in [9.17, 15) is 4.79 Å². The van der Waals surface area contributed by atoms with Gasteiger partial charge in [0.2, 0.25) is 0 Å². The van der Waals surface area contributed by atoms with E-state index in [4.69, 9.17) is 11.1 Å². The van der Waals surface area contributed by atoms with Gasteiger partial charge in [0.1, 0.15) is 5.84 Å². The van der Waals surface area contributed by atoms with E-state index in [1.807, 2.05) is 42.5 Å². The zero-order valence-electron chi connectivity index (χ0n) is 21.0. The Kier molecular flexibility index (Phi) is 6.79. The fourth-order valence-corrected chi connectivity index (χ4v) is 6.43. The number of benzene rings is 2. The van der Waals surface area contributed by atoms with Gasteiger partial charge in [0.25, 0.3) is 5.56 Å². The smallest absolute Gasteiger partial charge is 0.259 e. The molecule has 2 heterocycles. The number of para-hydroxylation sites is 1. The number of nitrogens with one attached hydrogen (secondary N) is 1. The molecule has 2 atom stereocenters. The summed E-state index contributed by atoms with van der Waals surface area (Å²) >= 11 is 0. The number of hydrogen-bond donors (Lipinski definition) is 2. The molecule has 3 N–H and O–H groups in total. The molecule has 3 aromatic rings. The summed E-state index contributed by atoms with van der Waals surface area (Å²) in [5.74, 6) is 0.732. The van der Waals surface area contributed by atoms with Crippen LogP contribution in [0.4, 0.5) is 0 Å². The van der Waals surface area contributed by atoms with Crippen molar-refractivity contribution in [2.45, 2.75) is 76.9 Å². The molecule has 0 unspecified atom stereocenters. The average molecular weight is 471 g/mol. The molecule has 1 saturated heterocycles. The summed E-state index contributed by atoms with van der Waals surface area (Å²) in [4.78, 5) is 16.7. The molecule has 0 bridgehead atoms. The Morgan fingerprint density at radius 3 is 2.37 bits per heavy atom. The molecule has 0 amide bonds. The molecule has 184 valence electrons. The van der Waals surface area contributed by atoms with E-state index in [1.165, 1.54) is 38.6 Å². The van der Waals surface area contributed by atoms with E-state index in [2.05, 4.69) is 35.4 Å². The number of nitrogens with two attached hydrogens (primary N) is 1. The Balaban J connectivity index is 1.44. The standard InChI is InChI=1S/C30H38N4O/c1-20-7-5-8-21(2)33(20)19-22-13-15-26(16-14-22)34-28-12-4-3-9-24(28)18-27(30(34)35)23-10-6-11-25(17-23)29(31)32/h3-4,6,9-12,17-18,20-22,26H,5,7-8,13-16,19H2,1-2H3,(H3,31,32)/t20-,21+,22?,26?. The number of pyridine rings is 1. The summed E-state index contributed by atoms with van der Waals surface area (Å²) in [5.41, 5.74) is 8.96. The third-order valence-electron chi connectivity index (χ3n) is 8.46. The second kappa shape index (κ2) is 9.98. The largest absolute Gasteiger partial charge is 0.384 e. The van der Waals surface area contributed by atoms with E-state index >= 15 is 0 Å². The quantitative estimate of drug-likeness (QED) is 0.358. The normalized spacial score (nSPS) is 25.5. The molecule has 2 aromatic carbocycles. The maximum Gasteiger partial charge on any atom is 0.259 e. The lowest BCUT2D eigenvalue weighted by Gasteiger charge is -2.42. The van der Waals surface area contributed by atoms with Crippen LogP contribution in [0.5, 0.6) is 0 Å². The van der Waals surface area contributed by atoms with Crippen LogP contribution in [-0.4, -0.2) is 33.9 Å². The van der Waals surface area contributed by atoms with Crippen LogP contribution in [0.25, 0.3) is 22.0 Å². The van der Waals surface area contributed by atoms with Crippen LogP contribution in [0.3, 0.4) is 0 Å². The predicted molar refractivity (Wildman–Crippen MR) is 145 cm³/mol. The molecule has 5 nitrogen and oxygen atoms in total. The molecule has 1 aromatic heterocycles. The lowest BCUT2D eigenvalue weighted by molar-refractivity contribution is 0.0715. The van der Waals surface area contributed by atoms with Gasteiger partial charge in [-0.15, -0.1) is 0 Å². The minimum Gasteiger partial charge on any atom is -0.384 e. The van der Waals surface area contributed by atoms with Gasteiger partial charge in [-0.2, -0.15) is 0 Å². The van der Waals surface area contributed by atoms with E-state index in [0.717, 1.165) is 29.3 Å². The van der Waals surface area contributed by atoms with Crippen LogP contribution in [0.2, 0.25) is 0 Å². The lowest BCUT2D eigenvalue weighted by atomic mass is 9.84. The second-order valence-corrected chi connectivity index (χ2v) is 10.8. The van der Waals surface area contributed by atoms with Gasteiger partial charge in [0.05, 0.1) is 5.52 Å². The fourth-order valence-electron chi connectivity index (χ4n) is 6.43. The van der Waals surface area contributed by atoms with Crippen molar-refractivity contribution in [2.24, 2.45) is 11.7 Å². The minimum atomic E-state index is 0.0172. The summed E-state index contributed by atoms with van der Waals surface area (Å²) in [6, 6.07) is 19.3. The lowest BCUT2D eigenvalue weighted by Crippen LogP contribution is -2.46. The molecule has 0 radical (unpaired) electrons. The van der Waals surface area contributed by atoms with Gasteiger partial charge in [0.15, 0.2) is 0 Å². The van der Waals surface area contributed by atoms with Gasteiger partial charge in [-0.3, -0.25) is 15.1 Å². The number of piperidine rings is 1. The number of aromatic nitrogens is 1. The maximum atomic E-state index is 13.9. The minimum absolute atomic E-state index is 0.0172. The Hall–Kier alpha value is -2.92. The van der Waals surface area contributed by atoms with Gasteiger partial charge >= 0.3 is 0 Å². The van der Waals surface area contributed by atoms with Crippen molar-refractivity contribution in [1.82, 2.24) is 9.47 Å². The van der Waals surface area contributed by atoms with Crippen molar-refractivity contribution < 1.29 is 0 Å². The zero-order chi connectivity index (χ0) is 24.5. The van der Waals surface area contributed by atoms with Crippen molar-refractivity contribution in [3.05, 3.63) is 70.5 Å². The Morgan fingerprint density at radius 2 is 1.66 bits per heavy atom. The van der Waals surface area contributed by atoms with Crippen molar-refractivity contribution in [3.63, 3.8) is 0 Å². The Bertz CT molecular complexity index is 1260. The molecule has 2 aliphatic rings. The van der Waals surface area contributed by atoms with E-state index in [1.54, 1.807) is 0 Å². The number of rotatable bonds is 5. The monoisotopic (exact) mass is 470 g/mol. The van der Waals surface area contributed by atoms with Crippen molar-refractivity contribution in [1.29, 1.82) is 5.41 Å². The molecule has 1 aliphatic carbocycles. The molecule has 2 fully saturated rings. The summed E-state index contributed by atoms with van der Waals surface area (Å²) in [6.45, 7) is 5.97. The first-order chi connectivity index (χ1) is 16.9. The summed E-state index contributed by atoms with van der Waals surface area (Å²) < 4.78 is 2.06. The van der Waals surface area contributed by atoms with Crippen LogP contribution in [0, 0.1) is 11.3 Å². The van der Waals surface area contributed by atoms with Crippen molar-refractivity contribution in [3.8, 4) is 11.1 Å². The predicted octanol–water partition coefficient (Wildman–Crippen LogP) is 5.95. The molecule has 1 aliphatic heterocycles.